The lowest BCUT2D eigenvalue weighted by Gasteiger charge is -2.25. The molecule has 0 fully saturated rings. The Labute approximate surface area is 197 Å². The summed E-state index contributed by atoms with van der Waals surface area (Å²) in [6.45, 7) is 0. The van der Waals surface area contributed by atoms with Crippen molar-refractivity contribution in [2.24, 2.45) is 5.10 Å². The molecular formula is C25H20N4O4S. The zero-order valence-electron chi connectivity index (χ0n) is 17.9. The van der Waals surface area contributed by atoms with Crippen LogP contribution in [0.4, 0.5) is 22.7 Å². The fraction of sp³-hybridized carbons (Fsp3) is 0. The van der Waals surface area contributed by atoms with Crippen LogP contribution in [-0.2, 0) is 10.0 Å². The fourth-order valence-corrected chi connectivity index (χ4v) is 4.13. The third-order valence-corrected chi connectivity index (χ3v) is 6.13. The lowest BCUT2D eigenvalue weighted by atomic mass is 10.1. The van der Waals surface area contributed by atoms with Gasteiger partial charge < -0.3 is 4.90 Å². The van der Waals surface area contributed by atoms with E-state index >= 15 is 0 Å². The van der Waals surface area contributed by atoms with E-state index in [4.69, 9.17) is 0 Å². The average molecular weight is 473 g/mol. The van der Waals surface area contributed by atoms with Gasteiger partial charge in [0.05, 0.1) is 16.0 Å². The van der Waals surface area contributed by atoms with Crippen LogP contribution in [0.2, 0.25) is 0 Å². The first-order valence-electron chi connectivity index (χ1n) is 10.2. The van der Waals surface area contributed by atoms with E-state index in [0.717, 1.165) is 23.1 Å². The minimum atomic E-state index is -4.04. The number of nitrogens with zero attached hydrogens (tertiary/aromatic N) is 3. The second-order valence-corrected chi connectivity index (χ2v) is 8.87. The predicted octanol–water partition coefficient (Wildman–Crippen LogP) is 5.38. The van der Waals surface area contributed by atoms with Crippen LogP contribution in [0.5, 0.6) is 0 Å². The lowest BCUT2D eigenvalue weighted by Crippen LogP contribution is -2.18. The molecule has 1 N–H and O–H groups in total. The van der Waals surface area contributed by atoms with Crippen molar-refractivity contribution >= 4 is 39.0 Å². The first-order chi connectivity index (χ1) is 16.4. The molecule has 0 atom stereocenters. The molecule has 8 nitrogen and oxygen atoms in total. The van der Waals surface area contributed by atoms with Crippen LogP contribution in [0, 0.1) is 10.1 Å². The Kier molecular flexibility index (Phi) is 6.65. The van der Waals surface area contributed by atoms with E-state index in [1.807, 2.05) is 84.9 Å². The summed E-state index contributed by atoms with van der Waals surface area (Å²) < 4.78 is 24.8. The number of hydrogen-bond acceptors (Lipinski definition) is 6. The van der Waals surface area contributed by atoms with Crippen LogP contribution in [0.1, 0.15) is 5.56 Å². The van der Waals surface area contributed by atoms with Crippen molar-refractivity contribution in [1.29, 1.82) is 0 Å². The number of anilines is 3. The van der Waals surface area contributed by atoms with Crippen molar-refractivity contribution in [2.75, 3.05) is 4.90 Å². The zero-order chi connectivity index (χ0) is 24.0. The molecule has 0 bridgehead atoms. The second-order valence-electron chi connectivity index (χ2n) is 7.21. The summed E-state index contributed by atoms with van der Waals surface area (Å²) in [6, 6.07) is 32.1. The normalized spacial score (nSPS) is 11.3. The SMILES string of the molecule is O=[N+]([O-])c1cccc(S(=O)(=O)N/N=C/c2ccc(N(c3ccccc3)c3ccccc3)cc2)c1. The van der Waals surface area contributed by atoms with E-state index in [9.17, 15) is 18.5 Å². The van der Waals surface area contributed by atoms with Crippen molar-refractivity contribution in [3.05, 3.63) is 125 Å². The van der Waals surface area contributed by atoms with E-state index in [1.165, 1.54) is 24.4 Å². The van der Waals surface area contributed by atoms with Gasteiger partial charge in [-0.15, -0.1) is 0 Å². The average Bonchev–Trinajstić information content (AvgIpc) is 2.86. The zero-order valence-corrected chi connectivity index (χ0v) is 18.7. The molecule has 170 valence electrons. The molecule has 0 spiro atoms. The van der Waals surface area contributed by atoms with Crippen molar-refractivity contribution in [1.82, 2.24) is 4.83 Å². The molecule has 9 heteroatoms. The van der Waals surface area contributed by atoms with Gasteiger partial charge in [-0.3, -0.25) is 10.1 Å². The summed E-state index contributed by atoms with van der Waals surface area (Å²) in [7, 11) is -4.04. The standard InChI is InChI=1S/C25H20N4O4S/c30-29(31)24-12-7-13-25(18-24)34(32,33)27-26-19-20-14-16-23(17-15-20)28(21-8-3-1-4-9-21)22-10-5-2-6-11-22/h1-19,27H/b26-19+. The molecule has 0 aliphatic heterocycles. The van der Waals surface area contributed by atoms with Crippen LogP contribution in [0.15, 0.2) is 119 Å². The Morgan fingerprint density at radius 2 is 1.32 bits per heavy atom. The van der Waals surface area contributed by atoms with E-state index in [1.54, 1.807) is 0 Å². The molecule has 0 heterocycles. The highest BCUT2D eigenvalue weighted by molar-refractivity contribution is 7.89. The number of nitro groups is 1. The Balaban J connectivity index is 1.53. The molecule has 4 rings (SSSR count). The number of rotatable bonds is 8. The second kappa shape index (κ2) is 9.97. The number of para-hydroxylation sites is 2. The number of benzene rings is 4. The van der Waals surface area contributed by atoms with Gasteiger partial charge >= 0.3 is 0 Å². The molecule has 34 heavy (non-hydrogen) atoms. The molecule has 0 unspecified atom stereocenters. The van der Waals surface area contributed by atoms with Crippen molar-refractivity contribution in [3.8, 4) is 0 Å². The van der Waals surface area contributed by atoms with Gasteiger partial charge in [-0.05, 0) is 48.0 Å². The third-order valence-electron chi connectivity index (χ3n) is 4.91. The molecular weight excluding hydrogens is 452 g/mol. The minimum Gasteiger partial charge on any atom is -0.311 e. The van der Waals surface area contributed by atoms with Crippen LogP contribution >= 0.6 is 0 Å². The molecule has 0 radical (unpaired) electrons. The maximum atomic E-state index is 12.4. The van der Waals surface area contributed by atoms with E-state index in [2.05, 4.69) is 14.8 Å². The largest absolute Gasteiger partial charge is 0.311 e. The summed E-state index contributed by atoms with van der Waals surface area (Å²) in [5, 5.41) is 14.7. The van der Waals surface area contributed by atoms with Crippen molar-refractivity contribution < 1.29 is 13.3 Å². The molecule has 0 aromatic heterocycles. The number of hydrogen-bond donors (Lipinski definition) is 1. The summed E-state index contributed by atoms with van der Waals surface area (Å²) in [5.74, 6) is 0. The van der Waals surface area contributed by atoms with Crippen molar-refractivity contribution in [3.63, 3.8) is 0 Å². The number of hydrazone groups is 1. The topological polar surface area (TPSA) is 105 Å². The molecule has 0 amide bonds. The molecule has 0 saturated carbocycles. The maximum Gasteiger partial charge on any atom is 0.276 e. The van der Waals surface area contributed by atoms with E-state index in [0.29, 0.717) is 5.56 Å². The van der Waals surface area contributed by atoms with Gasteiger partial charge in [-0.2, -0.15) is 13.5 Å². The first kappa shape index (κ1) is 22.7. The third kappa shape index (κ3) is 5.28. The summed E-state index contributed by atoms with van der Waals surface area (Å²) >= 11 is 0. The van der Waals surface area contributed by atoms with Gasteiger partial charge in [0.2, 0.25) is 0 Å². The number of sulfonamides is 1. The van der Waals surface area contributed by atoms with Crippen LogP contribution in [0.25, 0.3) is 0 Å². The number of non-ortho nitro benzene ring substituents is 1. The Morgan fingerprint density at radius 1 is 0.765 bits per heavy atom. The van der Waals surface area contributed by atoms with Gasteiger partial charge in [0.25, 0.3) is 15.7 Å². The van der Waals surface area contributed by atoms with Gasteiger partial charge in [0, 0.05) is 29.2 Å². The van der Waals surface area contributed by atoms with Gasteiger partial charge in [0.15, 0.2) is 0 Å². The minimum absolute atomic E-state index is 0.240. The Hall–Kier alpha value is -4.50. The Morgan fingerprint density at radius 3 is 1.88 bits per heavy atom. The van der Waals surface area contributed by atoms with Crippen LogP contribution < -0.4 is 9.73 Å². The number of nitrogens with one attached hydrogen (secondary N) is 1. The van der Waals surface area contributed by atoms with E-state index < -0.39 is 14.9 Å². The van der Waals surface area contributed by atoms with Crippen molar-refractivity contribution in [2.45, 2.75) is 4.90 Å². The highest BCUT2D eigenvalue weighted by atomic mass is 32.2. The monoisotopic (exact) mass is 472 g/mol. The first-order valence-corrected chi connectivity index (χ1v) is 11.7. The van der Waals surface area contributed by atoms with Crippen LogP contribution in [-0.4, -0.2) is 19.6 Å². The lowest BCUT2D eigenvalue weighted by molar-refractivity contribution is -0.385. The van der Waals surface area contributed by atoms with Crippen LogP contribution in [0.3, 0.4) is 0 Å². The molecule has 0 aliphatic rings. The summed E-state index contributed by atoms with van der Waals surface area (Å²) in [6.07, 6.45) is 1.37. The van der Waals surface area contributed by atoms with Gasteiger partial charge in [-0.1, -0.05) is 54.6 Å². The molecule has 4 aromatic carbocycles. The summed E-state index contributed by atoms with van der Waals surface area (Å²) in [4.78, 5) is 14.2. The predicted molar refractivity (Wildman–Crippen MR) is 132 cm³/mol. The molecule has 4 aromatic rings. The molecule has 0 aliphatic carbocycles. The smallest absolute Gasteiger partial charge is 0.276 e. The Bertz CT molecular complexity index is 1370. The molecule has 0 saturated heterocycles. The summed E-state index contributed by atoms with van der Waals surface area (Å²) in [5.41, 5.74) is 3.28. The highest BCUT2D eigenvalue weighted by Crippen LogP contribution is 2.33. The number of nitro benzene ring substituents is 1. The quantitative estimate of drug-likeness (QED) is 0.211. The van der Waals surface area contributed by atoms with Gasteiger partial charge in [0.1, 0.15) is 0 Å². The fourth-order valence-electron chi connectivity index (χ4n) is 3.30. The highest BCUT2D eigenvalue weighted by Gasteiger charge is 2.17. The maximum absolute atomic E-state index is 12.4. The van der Waals surface area contributed by atoms with E-state index in [-0.39, 0.29) is 10.6 Å². The van der Waals surface area contributed by atoms with Gasteiger partial charge in [-0.25, -0.2) is 4.83 Å².